The van der Waals surface area contributed by atoms with Gasteiger partial charge in [-0.05, 0) is 51.0 Å². The zero-order chi connectivity index (χ0) is 35.3. The first-order valence-electron chi connectivity index (χ1n) is 16.4. The molecule has 0 heterocycles. The fourth-order valence-electron chi connectivity index (χ4n) is 5.35. The number of phosphoric ester groups is 1. The Labute approximate surface area is 280 Å². The molecule has 0 amide bonds. The summed E-state index contributed by atoms with van der Waals surface area (Å²) in [5.74, 6) is -1.11. The molecule has 0 spiro atoms. The highest BCUT2D eigenvalue weighted by Gasteiger charge is 2.46. The molecular formula is C36H54NO9P. The van der Waals surface area contributed by atoms with Gasteiger partial charge in [-0.15, -0.1) is 0 Å². The van der Waals surface area contributed by atoms with E-state index >= 15 is 0 Å². The zero-order valence-electron chi connectivity index (χ0n) is 29.4. The SMILES string of the molecule is CCCCOC(=O)C(C)(CC(C)c1ccc(C(=O)c2ccccc2)cc1)CC(C)(CC)C(=O)OCCOP(=O)([O-])OCC[N+](C)(C)C. The van der Waals surface area contributed by atoms with Crippen molar-refractivity contribution < 1.29 is 46.8 Å². The number of benzene rings is 2. The Hall–Kier alpha value is -2.88. The van der Waals surface area contributed by atoms with Gasteiger partial charge in [-0.2, -0.15) is 0 Å². The second kappa shape index (κ2) is 18.0. The third-order valence-corrected chi connectivity index (χ3v) is 9.39. The molecule has 0 aliphatic rings. The molecule has 0 saturated heterocycles. The van der Waals surface area contributed by atoms with E-state index in [4.69, 9.17) is 18.5 Å². The van der Waals surface area contributed by atoms with Gasteiger partial charge in [0, 0.05) is 11.1 Å². The minimum absolute atomic E-state index is 0.0285. The average Bonchev–Trinajstić information content (AvgIpc) is 3.02. The van der Waals surface area contributed by atoms with Crippen molar-refractivity contribution in [3.63, 3.8) is 0 Å². The van der Waals surface area contributed by atoms with Gasteiger partial charge in [0.25, 0.3) is 7.82 Å². The molecule has 0 radical (unpaired) electrons. The Morgan fingerprint density at radius 3 is 1.94 bits per heavy atom. The lowest BCUT2D eigenvalue weighted by Crippen LogP contribution is -2.41. The lowest BCUT2D eigenvalue weighted by molar-refractivity contribution is -0.870. The maximum Gasteiger partial charge on any atom is 0.311 e. The largest absolute Gasteiger partial charge is 0.756 e. The van der Waals surface area contributed by atoms with E-state index in [2.05, 4.69) is 0 Å². The number of carbonyl (C=O) groups is 3. The molecule has 11 heteroatoms. The van der Waals surface area contributed by atoms with E-state index in [9.17, 15) is 23.8 Å². The Kier molecular flexibility index (Phi) is 15.5. The van der Waals surface area contributed by atoms with Crippen LogP contribution >= 0.6 is 7.82 Å². The third kappa shape index (κ3) is 13.3. The summed E-state index contributed by atoms with van der Waals surface area (Å²) in [4.78, 5) is 52.0. The van der Waals surface area contributed by atoms with E-state index in [0.29, 0.717) is 35.0 Å². The third-order valence-electron chi connectivity index (χ3n) is 8.39. The van der Waals surface area contributed by atoms with Crippen molar-refractivity contribution in [1.29, 1.82) is 0 Å². The van der Waals surface area contributed by atoms with Gasteiger partial charge >= 0.3 is 11.9 Å². The number of phosphoric acid groups is 1. The molecule has 4 unspecified atom stereocenters. The number of rotatable bonds is 21. The van der Waals surface area contributed by atoms with Crippen molar-refractivity contribution in [2.24, 2.45) is 10.8 Å². The Bertz CT molecular complexity index is 1340. The van der Waals surface area contributed by atoms with Crippen LogP contribution in [0.25, 0.3) is 0 Å². The van der Waals surface area contributed by atoms with E-state index in [0.717, 1.165) is 18.4 Å². The minimum atomic E-state index is -4.55. The van der Waals surface area contributed by atoms with Gasteiger partial charge < -0.3 is 27.9 Å². The number of likely N-dealkylation sites (N-methyl/N-ethyl adjacent to an activating group) is 1. The smallest absolute Gasteiger partial charge is 0.311 e. The summed E-state index contributed by atoms with van der Waals surface area (Å²) in [6.45, 7) is 9.48. The van der Waals surface area contributed by atoms with Crippen LogP contribution in [0.5, 0.6) is 0 Å². The molecule has 262 valence electrons. The van der Waals surface area contributed by atoms with E-state index in [1.165, 1.54) is 0 Å². The number of ketones is 1. The van der Waals surface area contributed by atoms with Gasteiger partial charge in [0.2, 0.25) is 0 Å². The molecule has 2 rings (SSSR count). The molecule has 0 aliphatic heterocycles. The lowest BCUT2D eigenvalue weighted by atomic mass is 9.67. The van der Waals surface area contributed by atoms with Gasteiger partial charge in [-0.3, -0.25) is 18.9 Å². The summed E-state index contributed by atoms with van der Waals surface area (Å²) in [7, 11) is 1.19. The molecule has 0 fully saturated rings. The summed E-state index contributed by atoms with van der Waals surface area (Å²) in [6.07, 6.45) is 2.52. The second-order valence-electron chi connectivity index (χ2n) is 13.8. The quantitative estimate of drug-likeness (QED) is 0.0491. The second-order valence-corrected chi connectivity index (χ2v) is 15.2. The van der Waals surface area contributed by atoms with Crippen LogP contribution < -0.4 is 4.89 Å². The highest BCUT2D eigenvalue weighted by atomic mass is 31.2. The fourth-order valence-corrected chi connectivity index (χ4v) is 6.03. The fraction of sp³-hybridized carbons (Fsp3) is 0.583. The molecular weight excluding hydrogens is 621 g/mol. The molecule has 47 heavy (non-hydrogen) atoms. The number of nitrogens with zero attached hydrogens (tertiary/aromatic N) is 1. The van der Waals surface area contributed by atoms with Crippen molar-refractivity contribution in [3.05, 3.63) is 71.3 Å². The number of esters is 2. The highest BCUT2D eigenvalue weighted by Crippen LogP contribution is 2.44. The molecule has 4 atom stereocenters. The van der Waals surface area contributed by atoms with Crippen molar-refractivity contribution in [2.75, 3.05) is 54.1 Å². The topological polar surface area (TPSA) is 128 Å². The maximum atomic E-state index is 13.6. The van der Waals surface area contributed by atoms with Crippen LogP contribution in [0.2, 0.25) is 0 Å². The zero-order valence-corrected chi connectivity index (χ0v) is 30.3. The molecule has 10 nitrogen and oxygen atoms in total. The number of ether oxygens (including phenoxy) is 2. The predicted molar refractivity (Wildman–Crippen MR) is 180 cm³/mol. The molecule has 0 saturated carbocycles. The van der Waals surface area contributed by atoms with Gasteiger partial charge in [-0.25, -0.2) is 0 Å². The molecule has 2 aromatic carbocycles. The molecule has 0 N–H and O–H groups in total. The van der Waals surface area contributed by atoms with Gasteiger partial charge in [-0.1, -0.05) is 81.8 Å². The molecule has 2 aromatic rings. The maximum absolute atomic E-state index is 13.6. The van der Waals surface area contributed by atoms with E-state index in [-0.39, 0.29) is 50.5 Å². The Morgan fingerprint density at radius 1 is 0.809 bits per heavy atom. The molecule has 0 bridgehead atoms. The van der Waals surface area contributed by atoms with Gasteiger partial charge in [0.05, 0.1) is 45.2 Å². The monoisotopic (exact) mass is 675 g/mol. The van der Waals surface area contributed by atoms with Gasteiger partial charge in [0.15, 0.2) is 5.78 Å². The summed E-state index contributed by atoms with van der Waals surface area (Å²) in [5.41, 5.74) is 0.0238. The summed E-state index contributed by atoms with van der Waals surface area (Å²) < 4.78 is 33.6. The average molecular weight is 676 g/mol. The summed E-state index contributed by atoms with van der Waals surface area (Å²) in [6, 6.07) is 16.5. The van der Waals surface area contributed by atoms with Crippen LogP contribution in [0.15, 0.2) is 54.6 Å². The van der Waals surface area contributed by atoms with Gasteiger partial charge in [0.1, 0.15) is 19.8 Å². The number of quaternary nitrogens is 1. The highest BCUT2D eigenvalue weighted by molar-refractivity contribution is 7.45. The summed E-state index contributed by atoms with van der Waals surface area (Å²) in [5, 5.41) is 0. The van der Waals surface area contributed by atoms with Crippen LogP contribution in [0.4, 0.5) is 0 Å². The van der Waals surface area contributed by atoms with Crippen LogP contribution in [0.3, 0.4) is 0 Å². The minimum Gasteiger partial charge on any atom is -0.756 e. The van der Waals surface area contributed by atoms with Crippen molar-refractivity contribution in [2.45, 2.75) is 72.6 Å². The van der Waals surface area contributed by atoms with Crippen molar-refractivity contribution in [3.8, 4) is 0 Å². The Balaban J connectivity index is 2.13. The first-order chi connectivity index (χ1) is 22.0. The van der Waals surface area contributed by atoms with E-state index < -0.39 is 24.6 Å². The van der Waals surface area contributed by atoms with Crippen molar-refractivity contribution in [1.82, 2.24) is 0 Å². The normalized spacial score (nSPS) is 16.3. The van der Waals surface area contributed by atoms with Crippen LogP contribution in [-0.2, 0) is 32.7 Å². The first kappa shape index (κ1) is 40.3. The lowest BCUT2D eigenvalue weighted by Gasteiger charge is -2.37. The van der Waals surface area contributed by atoms with Crippen LogP contribution in [0.1, 0.15) is 94.1 Å². The first-order valence-corrected chi connectivity index (χ1v) is 17.9. The molecule has 0 aromatic heterocycles. The number of unbranched alkanes of at least 4 members (excludes halogenated alkanes) is 1. The van der Waals surface area contributed by atoms with Crippen LogP contribution in [-0.4, -0.2) is 76.3 Å². The molecule has 0 aliphatic carbocycles. The number of hydrogen-bond acceptors (Lipinski definition) is 9. The Morgan fingerprint density at radius 2 is 1.36 bits per heavy atom. The summed E-state index contributed by atoms with van der Waals surface area (Å²) >= 11 is 0. The standard InChI is InChI=1S/C36H54NO9P/c1-9-11-22-43-34(40)36(5,26-28(3)29-17-19-31(20-18-29)32(38)30-15-13-12-14-16-30)27-35(4,10-2)33(39)44-24-25-46-47(41,42)45-23-21-37(6,7)8/h12-20,28H,9-11,21-27H2,1-8H3. The predicted octanol–water partition coefficient (Wildman–Crippen LogP) is 6.32. The number of carbonyl (C=O) groups excluding carboxylic acids is 3. The number of hydrogen-bond donors (Lipinski definition) is 0. The van der Waals surface area contributed by atoms with Crippen LogP contribution in [0, 0.1) is 10.8 Å². The van der Waals surface area contributed by atoms with Crippen molar-refractivity contribution >= 4 is 25.5 Å². The van der Waals surface area contributed by atoms with E-state index in [1.54, 1.807) is 31.2 Å². The van der Waals surface area contributed by atoms with E-state index in [1.807, 2.05) is 79.2 Å².